The van der Waals surface area contributed by atoms with Gasteiger partial charge in [-0.2, -0.15) is 0 Å². The number of methoxy groups -OCH3 is 1. The molecule has 0 unspecified atom stereocenters. The van der Waals surface area contributed by atoms with Crippen LogP contribution in [0.5, 0.6) is 5.75 Å². The van der Waals surface area contributed by atoms with E-state index in [0.29, 0.717) is 11.3 Å². The van der Waals surface area contributed by atoms with Gasteiger partial charge in [0.05, 0.1) is 23.9 Å². The summed E-state index contributed by atoms with van der Waals surface area (Å²) in [5.74, 6) is -1.80. The number of fused-ring (bicyclic) bond motifs is 1. The number of benzene rings is 3. The highest BCUT2D eigenvalue weighted by atomic mass is 19.1. The Morgan fingerprint density at radius 1 is 0.967 bits per heavy atom. The van der Waals surface area contributed by atoms with Crippen LogP contribution in [-0.4, -0.2) is 30.5 Å². The fraction of sp³-hybridized carbons (Fsp3) is 0.0833. The van der Waals surface area contributed by atoms with Gasteiger partial charge in [-0.25, -0.2) is 9.18 Å². The highest BCUT2D eigenvalue weighted by molar-refractivity contribution is 6.14. The van der Waals surface area contributed by atoms with E-state index in [9.17, 15) is 14.0 Å². The van der Waals surface area contributed by atoms with Gasteiger partial charge in [-0.15, -0.1) is 0 Å². The number of aromatic nitrogens is 1. The van der Waals surface area contributed by atoms with E-state index in [2.05, 4.69) is 4.98 Å². The van der Waals surface area contributed by atoms with E-state index in [1.165, 1.54) is 19.2 Å². The fourth-order valence-corrected chi connectivity index (χ4v) is 3.33. The first-order chi connectivity index (χ1) is 14.6. The summed E-state index contributed by atoms with van der Waals surface area (Å²) in [5, 5.41) is 0.743. The molecule has 0 saturated carbocycles. The molecule has 0 fully saturated rings. The monoisotopic (exact) mass is 403 g/mol. The number of aromatic amines is 1. The first kappa shape index (κ1) is 19.4. The number of para-hydroxylation sites is 1. The predicted octanol–water partition coefficient (Wildman–Crippen LogP) is 5.02. The van der Waals surface area contributed by atoms with Crippen molar-refractivity contribution in [3.63, 3.8) is 0 Å². The molecule has 0 aliphatic heterocycles. The summed E-state index contributed by atoms with van der Waals surface area (Å²) in [4.78, 5) is 28.6. The molecule has 3 aromatic carbocycles. The highest BCUT2D eigenvalue weighted by Gasteiger charge is 2.21. The quantitative estimate of drug-likeness (QED) is 0.362. The van der Waals surface area contributed by atoms with Crippen molar-refractivity contribution in [3.8, 4) is 17.0 Å². The largest absolute Gasteiger partial charge is 0.494 e. The predicted molar refractivity (Wildman–Crippen MR) is 111 cm³/mol. The Morgan fingerprint density at radius 3 is 2.43 bits per heavy atom. The number of nitrogens with one attached hydrogen (secondary N) is 1. The molecule has 0 saturated heterocycles. The van der Waals surface area contributed by atoms with Gasteiger partial charge in [0, 0.05) is 10.9 Å². The van der Waals surface area contributed by atoms with Crippen LogP contribution in [0.25, 0.3) is 22.2 Å². The topological polar surface area (TPSA) is 68.4 Å². The second-order valence-corrected chi connectivity index (χ2v) is 6.64. The van der Waals surface area contributed by atoms with Gasteiger partial charge in [-0.3, -0.25) is 4.79 Å². The van der Waals surface area contributed by atoms with Gasteiger partial charge in [0.2, 0.25) is 5.78 Å². The molecule has 0 atom stereocenters. The number of rotatable bonds is 6. The zero-order valence-electron chi connectivity index (χ0n) is 16.1. The Balaban J connectivity index is 1.61. The summed E-state index contributed by atoms with van der Waals surface area (Å²) >= 11 is 0. The van der Waals surface area contributed by atoms with Crippen LogP contribution in [0.1, 0.15) is 20.7 Å². The van der Waals surface area contributed by atoms with E-state index in [0.717, 1.165) is 22.5 Å². The third-order valence-electron chi connectivity index (χ3n) is 4.77. The minimum absolute atomic E-state index is 0.00306. The number of hydrogen-bond donors (Lipinski definition) is 1. The maximum Gasteiger partial charge on any atom is 0.338 e. The molecule has 1 aromatic heterocycles. The lowest BCUT2D eigenvalue weighted by molar-refractivity contribution is 0.0475. The minimum Gasteiger partial charge on any atom is -0.494 e. The van der Waals surface area contributed by atoms with Crippen molar-refractivity contribution >= 4 is 22.7 Å². The van der Waals surface area contributed by atoms with E-state index in [1.54, 1.807) is 0 Å². The van der Waals surface area contributed by atoms with E-state index in [4.69, 9.17) is 9.47 Å². The van der Waals surface area contributed by atoms with Crippen molar-refractivity contribution in [1.29, 1.82) is 0 Å². The van der Waals surface area contributed by atoms with Gasteiger partial charge in [0.1, 0.15) is 0 Å². The second kappa shape index (κ2) is 8.21. The first-order valence-corrected chi connectivity index (χ1v) is 9.28. The number of ether oxygens (including phenoxy) is 2. The summed E-state index contributed by atoms with van der Waals surface area (Å²) in [7, 11) is 1.33. The Morgan fingerprint density at radius 2 is 1.70 bits per heavy atom. The number of esters is 1. The van der Waals surface area contributed by atoms with Crippen LogP contribution in [0.3, 0.4) is 0 Å². The van der Waals surface area contributed by atoms with E-state index < -0.39 is 18.4 Å². The van der Waals surface area contributed by atoms with Crippen LogP contribution < -0.4 is 4.74 Å². The number of hydrogen-bond acceptors (Lipinski definition) is 4. The smallest absolute Gasteiger partial charge is 0.338 e. The van der Waals surface area contributed by atoms with E-state index in [1.807, 2.05) is 54.6 Å². The second-order valence-electron chi connectivity index (χ2n) is 6.64. The van der Waals surface area contributed by atoms with Crippen LogP contribution in [0.2, 0.25) is 0 Å². The van der Waals surface area contributed by atoms with E-state index >= 15 is 0 Å². The lowest BCUT2D eigenvalue weighted by Gasteiger charge is -2.08. The molecule has 1 heterocycles. The number of ketones is 1. The van der Waals surface area contributed by atoms with Gasteiger partial charge < -0.3 is 14.5 Å². The molecule has 30 heavy (non-hydrogen) atoms. The maximum absolute atomic E-state index is 13.8. The molecule has 1 N–H and O–H groups in total. The van der Waals surface area contributed by atoms with Gasteiger partial charge in [0.25, 0.3) is 0 Å². The third kappa shape index (κ3) is 3.67. The molecular weight excluding hydrogens is 385 g/mol. The van der Waals surface area contributed by atoms with Crippen molar-refractivity contribution in [2.75, 3.05) is 13.7 Å². The molecule has 5 nitrogen and oxygen atoms in total. The summed E-state index contributed by atoms with van der Waals surface area (Å²) in [6.45, 7) is -0.464. The van der Waals surface area contributed by atoms with Crippen LogP contribution in [0.4, 0.5) is 4.39 Å². The zero-order chi connectivity index (χ0) is 21.1. The Labute approximate surface area is 172 Å². The Kier molecular flexibility index (Phi) is 5.30. The van der Waals surface area contributed by atoms with Gasteiger partial charge in [-0.1, -0.05) is 48.5 Å². The summed E-state index contributed by atoms with van der Waals surface area (Å²) in [6.07, 6.45) is 0. The van der Waals surface area contributed by atoms with E-state index in [-0.39, 0.29) is 17.1 Å². The molecule has 0 amide bonds. The molecule has 0 spiro atoms. The molecule has 0 bridgehead atoms. The van der Waals surface area contributed by atoms with Gasteiger partial charge in [0.15, 0.2) is 18.2 Å². The summed E-state index contributed by atoms with van der Waals surface area (Å²) < 4.78 is 23.9. The fourth-order valence-electron chi connectivity index (χ4n) is 3.33. The Hall–Kier alpha value is -3.93. The molecule has 0 aliphatic rings. The molecule has 0 aliphatic carbocycles. The van der Waals surface area contributed by atoms with Crippen molar-refractivity contribution < 1.29 is 23.5 Å². The molecule has 150 valence electrons. The minimum atomic E-state index is -0.786. The normalized spacial score (nSPS) is 10.7. The zero-order valence-corrected chi connectivity index (χ0v) is 16.1. The lowest BCUT2D eigenvalue weighted by atomic mass is 10.0. The van der Waals surface area contributed by atoms with Crippen LogP contribution in [-0.2, 0) is 4.74 Å². The summed E-state index contributed by atoms with van der Waals surface area (Å²) in [5.41, 5.74) is 2.77. The SMILES string of the molecule is COc1ccc(C(=O)OCC(=O)c2c(-c3ccccc3)[nH]c3ccccc23)cc1F. The van der Waals surface area contributed by atoms with Gasteiger partial charge >= 0.3 is 5.97 Å². The number of carbonyl (C=O) groups is 2. The molecule has 6 heteroatoms. The maximum atomic E-state index is 13.8. The van der Waals surface area contributed by atoms with Crippen molar-refractivity contribution in [3.05, 3.63) is 89.7 Å². The summed E-state index contributed by atoms with van der Waals surface area (Å²) in [6, 6.07) is 20.6. The number of H-pyrrole nitrogens is 1. The number of halogens is 1. The molecule has 4 aromatic rings. The van der Waals surface area contributed by atoms with Crippen LogP contribution in [0, 0.1) is 5.82 Å². The first-order valence-electron chi connectivity index (χ1n) is 9.28. The standard InChI is InChI=1S/C24H18FNO4/c1-29-21-12-11-16(13-18(21)25)24(28)30-14-20(27)22-17-9-5-6-10-19(17)26-23(22)15-7-3-2-4-8-15/h2-13,26H,14H2,1H3. The van der Waals surface area contributed by atoms with Crippen LogP contribution in [0.15, 0.2) is 72.8 Å². The van der Waals surface area contributed by atoms with Crippen molar-refractivity contribution in [1.82, 2.24) is 4.98 Å². The van der Waals surface area contributed by atoms with Gasteiger partial charge in [-0.05, 0) is 29.8 Å². The van der Waals surface area contributed by atoms with Crippen LogP contribution >= 0.6 is 0 Å². The molecule has 4 rings (SSSR count). The molecule has 0 radical (unpaired) electrons. The third-order valence-corrected chi connectivity index (χ3v) is 4.77. The van der Waals surface area contributed by atoms with Crippen molar-refractivity contribution in [2.45, 2.75) is 0 Å². The Bertz CT molecular complexity index is 1230. The number of carbonyl (C=O) groups excluding carboxylic acids is 2. The highest BCUT2D eigenvalue weighted by Crippen LogP contribution is 2.30. The average molecular weight is 403 g/mol. The van der Waals surface area contributed by atoms with Crippen molar-refractivity contribution in [2.24, 2.45) is 0 Å². The lowest BCUT2D eigenvalue weighted by Crippen LogP contribution is -2.15. The average Bonchev–Trinajstić information content (AvgIpc) is 3.17. The molecular formula is C24H18FNO4. The number of Topliss-reactive ketones (excluding diaryl/α,β-unsaturated/α-hetero) is 1.